The Labute approximate surface area is 145 Å². The van der Waals surface area contributed by atoms with Crippen molar-refractivity contribution in [2.45, 2.75) is 40.3 Å². The van der Waals surface area contributed by atoms with Crippen LogP contribution in [0.1, 0.15) is 43.6 Å². The summed E-state index contributed by atoms with van der Waals surface area (Å²) in [6.07, 6.45) is 0. The van der Waals surface area contributed by atoms with Gasteiger partial charge in [0.1, 0.15) is 0 Å². The van der Waals surface area contributed by atoms with Crippen LogP contribution in [0, 0.1) is 5.41 Å². The van der Waals surface area contributed by atoms with Crippen LogP contribution in [0.4, 0.5) is 0 Å². The maximum atomic E-state index is 12.3. The number of hydrogen-bond acceptors (Lipinski definition) is 3. The van der Waals surface area contributed by atoms with Crippen LogP contribution in [-0.2, 0) is 11.3 Å². The van der Waals surface area contributed by atoms with Crippen molar-refractivity contribution in [3.05, 3.63) is 35.4 Å². The van der Waals surface area contributed by atoms with Crippen molar-refractivity contribution < 1.29 is 9.59 Å². The Hall–Kier alpha value is -1.59. The molecular weight excluding hydrogens is 314 g/mol. The quantitative estimate of drug-likeness (QED) is 0.862. The second-order valence-corrected chi connectivity index (χ2v) is 6.63. The van der Waals surface area contributed by atoms with Crippen LogP contribution < -0.4 is 11.1 Å². The average molecular weight is 342 g/mol. The van der Waals surface area contributed by atoms with Gasteiger partial charge in [0.15, 0.2) is 0 Å². The fourth-order valence-electron chi connectivity index (χ4n) is 1.77. The zero-order valence-electron chi connectivity index (χ0n) is 14.6. The van der Waals surface area contributed by atoms with E-state index in [1.807, 2.05) is 39.8 Å². The number of nitrogens with one attached hydrogen (secondary N) is 1. The van der Waals surface area contributed by atoms with E-state index in [0.717, 1.165) is 5.56 Å². The molecule has 1 unspecified atom stereocenters. The van der Waals surface area contributed by atoms with Gasteiger partial charge < -0.3 is 16.0 Å². The molecule has 6 heteroatoms. The standard InChI is InChI=1S/C17H27N3O2.ClH/c1-12(10-18)20(5)15(21)14-8-6-13(7-9-14)11-19-16(22)17(2,3)4;/h6-9,12H,10-11,18H2,1-5H3,(H,19,22);1H. The van der Waals surface area contributed by atoms with Crippen LogP contribution in [0.2, 0.25) is 0 Å². The van der Waals surface area contributed by atoms with Gasteiger partial charge in [-0.2, -0.15) is 0 Å². The fourth-order valence-corrected chi connectivity index (χ4v) is 1.77. The molecule has 1 rings (SSSR count). The van der Waals surface area contributed by atoms with Crippen LogP contribution in [0.25, 0.3) is 0 Å². The van der Waals surface area contributed by atoms with Crippen LogP contribution in [0.5, 0.6) is 0 Å². The highest BCUT2D eigenvalue weighted by atomic mass is 35.5. The molecule has 0 saturated heterocycles. The van der Waals surface area contributed by atoms with Gasteiger partial charge in [-0.25, -0.2) is 0 Å². The SMILES string of the molecule is CC(CN)N(C)C(=O)c1ccc(CNC(=O)C(C)(C)C)cc1.Cl. The van der Waals surface area contributed by atoms with Crippen molar-refractivity contribution in [3.8, 4) is 0 Å². The zero-order chi connectivity index (χ0) is 16.9. The molecule has 1 aromatic carbocycles. The minimum absolute atomic E-state index is 0. The summed E-state index contributed by atoms with van der Waals surface area (Å²) >= 11 is 0. The first kappa shape index (κ1) is 21.4. The van der Waals surface area contributed by atoms with E-state index in [1.165, 1.54) is 0 Å². The second kappa shape index (κ2) is 8.89. The highest BCUT2D eigenvalue weighted by Gasteiger charge is 2.20. The smallest absolute Gasteiger partial charge is 0.253 e. The van der Waals surface area contributed by atoms with E-state index in [-0.39, 0.29) is 30.3 Å². The molecule has 5 nitrogen and oxygen atoms in total. The Morgan fingerprint density at radius 3 is 2.17 bits per heavy atom. The zero-order valence-corrected chi connectivity index (χ0v) is 15.4. The van der Waals surface area contributed by atoms with Gasteiger partial charge in [-0.15, -0.1) is 12.4 Å². The number of nitrogens with two attached hydrogens (primary N) is 1. The monoisotopic (exact) mass is 341 g/mol. The molecule has 0 aliphatic rings. The molecular formula is C17H28ClN3O2. The average Bonchev–Trinajstić information content (AvgIpc) is 2.49. The predicted octanol–water partition coefficient (Wildman–Crippen LogP) is 2.19. The number of carbonyl (C=O) groups is 2. The Morgan fingerprint density at radius 2 is 1.74 bits per heavy atom. The van der Waals surface area contributed by atoms with Gasteiger partial charge in [-0.05, 0) is 24.6 Å². The van der Waals surface area contributed by atoms with E-state index in [4.69, 9.17) is 5.73 Å². The first-order valence-electron chi connectivity index (χ1n) is 7.51. The summed E-state index contributed by atoms with van der Waals surface area (Å²) in [5.74, 6) is -0.0487. The lowest BCUT2D eigenvalue weighted by atomic mass is 9.95. The summed E-state index contributed by atoms with van der Waals surface area (Å²) in [5, 5.41) is 2.89. The number of nitrogens with zero attached hydrogens (tertiary/aromatic N) is 1. The number of benzene rings is 1. The van der Waals surface area contributed by atoms with Gasteiger partial charge in [-0.3, -0.25) is 9.59 Å². The van der Waals surface area contributed by atoms with Crippen LogP contribution >= 0.6 is 12.4 Å². The maximum absolute atomic E-state index is 12.3. The number of halogens is 1. The Kier molecular flexibility index (Phi) is 8.28. The lowest BCUT2D eigenvalue weighted by molar-refractivity contribution is -0.128. The Bertz CT molecular complexity index is 524. The van der Waals surface area contributed by atoms with Gasteiger partial charge in [0, 0.05) is 37.2 Å². The topological polar surface area (TPSA) is 75.4 Å². The summed E-state index contributed by atoms with van der Waals surface area (Å²) in [6.45, 7) is 8.42. The molecule has 23 heavy (non-hydrogen) atoms. The van der Waals surface area contributed by atoms with Crippen molar-refractivity contribution in [1.82, 2.24) is 10.2 Å². The lowest BCUT2D eigenvalue weighted by Gasteiger charge is -2.23. The minimum atomic E-state index is -0.406. The first-order chi connectivity index (χ1) is 10.2. The lowest BCUT2D eigenvalue weighted by Crippen LogP contribution is -2.39. The summed E-state index contributed by atoms with van der Waals surface area (Å²) in [6, 6.07) is 7.27. The molecule has 130 valence electrons. The molecule has 0 radical (unpaired) electrons. The first-order valence-corrected chi connectivity index (χ1v) is 7.51. The third-order valence-electron chi connectivity index (χ3n) is 3.66. The Balaban J connectivity index is 0.00000484. The summed E-state index contributed by atoms with van der Waals surface area (Å²) < 4.78 is 0. The van der Waals surface area contributed by atoms with E-state index in [0.29, 0.717) is 18.7 Å². The summed E-state index contributed by atoms with van der Waals surface area (Å²) in [4.78, 5) is 25.7. The van der Waals surface area contributed by atoms with Crippen molar-refractivity contribution >= 4 is 24.2 Å². The van der Waals surface area contributed by atoms with Crippen LogP contribution in [-0.4, -0.2) is 36.3 Å². The maximum Gasteiger partial charge on any atom is 0.253 e. The van der Waals surface area contributed by atoms with E-state index in [2.05, 4.69) is 5.32 Å². The molecule has 0 aromatic heterocycles. The third kappa shape index (κ3) is 6.20. The normalized spacial score (nSPS) is 12.1. The van der Waals surface area contributed by atoms with Gasteiger partial charge >= 0.3 is 0 Å². The van der Waals surface area contributed by atoms with Gasteiger partial charge in [-0.1, -0.05) is 32.9 Å². The number of likely N-dealkylation sites (N-methyl/N-ethyl adjacent to an activating group) is 1. The molecule has 0 fully saturated rings. The van der Waals surface area contributed by atoms with Gasteiger partial charge in [0.05, 0.1) is 0 Å². The molecule has 0 aliphatic carbocycles. The molecule has 2 amide bonds. The predicted molar refractivity (Wildman–Crippen MR) is 95.6 cm³/mol. The number of hydrogen-bond donors (Lipinski definition) is 2. The number of carbonyl (C=O) groups excluding carboxylic acids is 2. The van der Waals surface area contributed by atoms with E-state index in [9.17, 15) is 9.59 Å². The van der Waals surface area contributed by atoms with Crippen LogP contribution in [0.15, 0.2) is 24.3 Å². The highest BCUT2D eigenvalue weighted by Crippen LogP contribution is 2.13. The van der Waals surface area contributed by atoms with Gasteiger partial charge in [0.25, 0.3) is 5.91 Å². The molecule has 0 spiro atoms. The molecule has 0 heterocycles. The molecule has 3 N–H and O–H groups in total. The molecule has 0 bridgehead atoms. The highest BCUT2D eigenvalue weighted by molar-refractivity contribution is 5.94. The molecule has 0 aliphatic heterocycles. The van der Waals surface area contributed by atoms with E-state index in [1.54, 1.807) is 24.1 Å². The van der Waals surface area contributed by atoms with Crippen LogP contribution in [0.3, 0.4) is 0 Å². The van der Waals surface area contributed by atoms with E-state index >= 15 is 0 Å². The third-order valence-corrected chi connectivity index (χ3v) is 3.66. The molecule has 0 saturated carbocycles. The van der Waals surface area contributed by atoms with E-state index < -0.39 is 5.41 Å². The number of rotatable bonds is 5. The largest absolute Gasteiger partial charge is 0.352 e. The summed E-state index contributed by atoms with van der Waals surface area (Å²) in [7, 11) is 1.75. The van der Waals surface area contributed by atoms with Crippen molar-refractivity contribution in [2.24, 2.45) is 11.1 Å². The minimum Gasteiger partial charge on any atom is -0.352 e. The fraction of sp³-hybridized carbons (Fsp3) is 0.529. The Morgan fingerprint density at radius 1 is 1.22 bits per heavy atom. The molecule has 1 atom stereocenters. The molecule has 1 aromatic rings. The van der Waals surface area contributed by atoms with Crippen molar-refractivity contribution in [3.63, 3.8) is 0 Å². The second-order valence-electron chi connectivity index (χ2n) is 6.63. The van der Waals surface area contributed by atoms with Crippen molar-refractivity contribution in [1.29, 1.82) is 0 Å². The number of amides is 2. The van der Waals surface area contributed by atoms with Gasteiger partial charge in [0.2, 0.25) is 5.91 Å². The summed E-state index contributed by atoms with van der Waals surface area (Å²) in [5.41, 5.74) is 6.76. The van der Waals surface area contributed by atoms with Crippen molar-refractivity contribution in [2.75, 3.05) is 13.6 Å².